The van der Waals surface area contributed by atoms with E-state index in [1.165, 1.54) is 49.7 Å². The van der Waals surface area contributed by atoms with Crippen LogP contribution in [0.25, 0.3) is 12.2 Å². The van der Waals surface area contributed by atoms with Gasteiger partial charge in [0.15, 0.2) is 0 Å². The molecule has 0 saturated carbocycles. The van der Waals surface area contributed by atoms with Gasteiger partial charge in [0.2, 0.25) is 0 Å². The Kier molecular flexibility index (Phi) is 9.76. The first-order valence-electron chi connectivity index (χ1n) is 10.7. The predicted octanol–water partition coefficient (Wildman–Crippen LogP) is 1.73. The Morgan fingerprint density at radius 2 is 1.07 bits per heavy atom. The van der Waals surface area contributed by atoms with E-state index in [9.17, 15) is 0 Å². The summed E-state index contributed by atoms with van der Waals surface area (Å²) in [5.74, 6) is 0. The Labute approximate surface area is 198 Å². The summed E-state index contributed by atoms with van der Waals surface area (Å²) in [6.45, 7) is 4.62. The minimum Gasteiger partial charge on any atom is -1.00 e. The zero-order chi connectivity index (χ0) is 18.6. The molecular weight excluding hydrogens is 431 g/mol. The van der Waals surface area contributed by atoms with Gasteiger partial charge in [0.05, 0.1) is 0 Å². The number of fused-ring (bicyclic) bond motifs is 2. The molecule has 2 atom stereocenters. The second kappa shape index (κ2) is 11.6. The molecule has 0 amide bonds. The molecule has 0 fully saturated rings. The van der Waals surface area contributed by atoms with E-state index in [1.54, 1.807) is 22.3 Å². The SMILES string of the molecule is CCCCC1=Cc2ccccc2[CH]1[Ti+2][CH]1C(CCCC)=Cc2ccccc21.[Cl-].[Cl-]. The summed E-state index contributed by atoms with van der Waals surface area (Å²) < 4.78 is 1.43. The summed E-state index contributed by atoms with van der Waals surface area (Å²) in [6.07, 6.45) is 12.8. The van der Waals surface area contributed by atoms with Crippen LogP contribution in [0.3, 0.4) is 0 Å². The molecule has 152 valence electrons. The van der Waals surface area contributed by atoms with Gasteiger partial charge in [-0.1, -0.05) is 0 Å². The zero-order valence-electron chi connectivity index (χ0n) is 17.4. The van der Waals surface area contributed by atoms with Crippen LogP contribution in [-0.2, 0) is 19.2 Å². The molecule has 29 heavy (non-hydrogen) atoms. The van der Waals surface area contributed by atoms with Gasteiger partial charge in [0.1, 0.15) is 0 Å². The van der Waals surface area contributed by atoms with Gasteiger partial charge in [0.25, 0.3) is 0 Å². The van der Waals surface area contributed by atoms with E-state index in [4.69, 9.17) is 0 Å². The average Bonchev–Trinajstić information content (AvgIpc) is 3.23. The molecule has 0 saturated heterocycles. The van der Waals surface area contributed by atoms with Gasteiger partial charge in [-0.05, 0) is 0 Å². The van der Waals surface area contributed by atoms with Crippen LogP contribution >= 0.6 is 0 Å². The monoisotopic (exact) mass is 460 g/mol. The number of benzene rings is 2. The third kappa shape index (κ3) is 5.29. The first kappa shape index (κ1) is 24.5. The first-order valence-corrected chi connectivity index (χ1v) is 12.5. The second-order valence-electron chi connectivity index (χ2n) is 7.94. The molecule has 2 aliphatic rings. The molecule has 2 unspecified atom stereocenters. The van der Waals surface area contributed by atoms with Crippen molar-refractivity contribution in [2.24, 2.45) is 0 Å². The number of allylic oxidation sites excluding steroid dienone is 2. The van der Waals surface area contributed by atoms with Crippen molar-refractivity contribution in [2.45, 2.75) is 60.8 Å². The van der Waals surface area contributed by atoms with Crippen molar-refractivity contribution in [3.8, 4) is 0 Å². The van der Waals surface area contributed by atoms with Crippen molar-refractivity contribution in [3.63, 3.8) is 0 Å². The van der Waals surface area contributed by atoms with Crippen LogP contribution in [0, 0.1) is 0 Å². The van der Waals surface area contributed by atoms with E-state index >= 15 is 0 Å². The fraction of sp³-hybridized carbons (Fsp3) is 0.385. The van der Waals surface area contributed by atoms with Gasteiger partial charge < -0.3 is 24.8 Å². The van der Waals surface area contributed by atoms with E-state index in [0.717, 1.165) is 0 Å². The number of unbranched alkanes of at least 4 members (excludes halogenated alkanes) is 2. The minimum absolute atomic E-state index is 0. The summed E-state index contributed by atoms with van der Waals surface area (Å²) in [5.41, 5.74) is 9.64. The molecule has 0 N–H and O–H groups in total. The smallest absolute Gasteiger partial charge is 1.00 e. The Hall–Kier alpha value is -0.786. The Bertz CT molecular complexity index is 797. The van der Waals surface area contributed by atoms with Crippen LogP contribution in [0.4, 0.5) is 0 Å². The minimum atomic E-state index is -0.183. The molecule has 0 bridgehead atoms. The van der Waals surface area contributed by atoms with Crippen LogP contribution in [0.15, 0.2) is 59.7 Å². The van der Waals surface area contributed by atoms with Crippen LogP contribution in [0.1, 0.15) is 83.1 Å². The molecule has 2 aromatic carbocycles. The fourth-order valence-corrected chi connectivity index (χ4v) is 7.81. The van der Waals surface area contributed by atoms with Crippen molar-refractivity contribution >= 4 is 12.2 Å². The van der Waals surface area contributed by atoms with E-state index < -0.39 is 0 Å². The van der Waals surface area contributed by atoms with Crippen molar-refractivity contribution in [1.29, 1.82) is 0 Å². The van der Waals surface area contributed by atoms with Crippen molar-refractivity contribution in [3.05, 3.63) is 81.9 Å². The Balaban J connectivity index is 0.00000150. The second-order valence-corrected chi connectivity index (χ2v) is 10.3. The maximum Gasteiger partial charge on any atom is -1.00 e. The zero-order valence-corrected chi connectivity index (χ0v) is 20.5. The third-order valence-corrected chi connectivity index (χ3v) is 9.18. The summed E-state index contributed by atoms with van der Waals surface area (Å²) >= 11 is -0.183. The van der Waals surface area contributed by atoms with Crippen LogP contribution in [-0.4, -0.2) is 0 Å². The van der Waals surface area contributed by atoms with E-state index in [0.29, 0.717) is 8.45 Å². The number of halogens is 2. The van der Waals surface area contributed by atoms with E-state index in [-0.39, 0.29) is 44.0 Å². The van der Waals surface area contributed by atoms with Gasteiger partial charge in [-0.25, -0.2) is 0 Å². The average molecular weight is 461 g/mol. The molecule has 0 nitrogen and oxygen atoms in total. The normalized spacial score (nSPS) is 18.6. The third-order valence-electron chi connectivity index (χ3n) is 6.01. The molecular formula is C26H30Cl2Ti. The summed E-state index contributed by atoms with van der Waals surface area (Å²) in [6, 6.07) is 18.3. The van der Waals surface area contributed by atoms with E-state index in [2.05, 4.69) is 74.5 Å². The van der Waals surface area contributed by atoms with Gasteiger partial charge in [-0.3, -0.25) is 0 Å². The number of hydrogen-bond donors (Lipinski definition) is 0. The molecule has 0 heterocycles. The maximum absolute atomic E-state index is 2.52. The molecule has 3 heteroatoms. The molecule has 4 rings (SSSR count). The Morgan fingerprint density at radius 3 is 1.48 bits per heavy atom. The number of rotatable bonds is 8. The standard InChI is InChI=1S/2C13H15.2ClH.Ti/c2*1-2-3-6-11-9-12-7-4-5-8-13(12)10-11;;;/h2*4-5,7-10H,2-3,6H2,1H3;2*1H;/q;;;;+2/p-2. The largest absolute Gasteiger partial charge is 1.00 e. The van der Waals surface area contributed by atoms with Crippen LogP contribution < -0.4 is 24.8 Å². The summed E-state index contributed by atoms with van der Waals surface area (Å²) in [7, 11) is 0. The molecule has 0 spiro atoms. The Morgan fingerprint density at radius 1 is 0.655 bits per heavy atom. The molecule has 2 aromatic rings. The molecule has 0 aliphatic heterocycles. The summed E-state index contributed by atoms with van der Waals surface area (Å²) in [5, 5.41) is 0. The van der Waals surface area contributed by atoms with Crippen LogP contribution in [0.2, 0.25) is 0 Å². The quantitative estimate of drug-likeness (QED) is 0.526. The van der Waals surface area contributed by atoms with Crippen molar-refractivity contribution in [1.82, 2.24) is 0 Å². The first-order chi connectivity index (χ1) is 13.3. The fourth-order valence-electron chi connectivity index (χ4n) is 4.53. The van der Waals surface area contributed by atoms with Crippen molar-refractivity contribution < 1.29 is 44.0 Å². The molecule has 0 radical (unpaired) electrons. The summed E-state index contributed by atoms with van der Waals surface area (Å²) in [4.78, 5) is 0. The van der Waals surface area contributed by atoms with Crippen molar-refractivity contribution in [2.75, 3.05) is 0 Å². The van der Waals surface area contributed by atoms with Gasteiger partial charge in [0, 0.05) is 0 Å². The van der Waals surface area contributed by atoms with Gasteiger partial charge in [-0.2, -0.15) is 0 Å². The van der Waals surface area contributed by atoms with Gasteiger partial charge >= 0.3 is 174 Å². The predicted molar refractivity (Wildman–Crippen MR) is 113 cm³/mol. The molecule has 2 aliphatic carbocycles. The number of hydrogen-bond acceptors (Lipinski definition) is 0. The topological polar surface area (TPSA) is 0 Å². The van der Waals surface area contributed by atoms with Gasteiger partial charge in [-0.15, -0.1) is 0 Å². The van der Waals surface area contributed by atoms with Crippen LogP contribution in [0.5, 0.6) is 0 Å². The molecule has 0 aromatic heterocycles. The van der Waals surface area contributed by atoms with E-state index in [1.807, 2.05) is 0 Å². The maximum atomic E-state index is 2.52.